The summed E-state index contributed by atoms with van der Waals surface area (Å²) in [5, 5.41) is 7.08. The number of hydrogen-bond donors (Lipinski definition) is 2. The Kier molecular flexibility index (Phi) is 6.00. The van der Waals surface area contributed by atoms with Crippen molar-refractivity contribution in [3.05, 3.63) is 29.3 Å². The Morgan fingerprint density at radius 1 is 1.05 bits per heavy atom. The van der Waals surface area contributed by atoms with E-state index in [2.05, 4.69) is 33.7 Å². The molecule has 3 aliphatic rings. The molecular weight excluding hydrogens is 317 g/mol. The second kappa shape index (κ2) is 7.39. The van der Waals surface area contributed by atoms with Crippen molar-refractivity contribution < 1.29 is 0 Å². The lowest BCUT2D eigenvalue weighted by Crippen LogP contribution is -2.38. The molecule has 1 aromatic carbocycles. The summed E-state index contributed by atoms with van der Waals surface area (Å²) >= 11 is 0. The Balaban J connectivity index is 0.000000882. The van der Waals surface area contributed by atoms with Gasteiger partial charge in [0.05, 0.1) is 0 Å². The second-order valence-electron chi connectivity index (χ2n) is 6.84. The molecule has 3 heterocycles. The normalized spacial score (nSPS) is 22.5. The van der Waals surface area contributed by atoms with Gasteiger partial charge in [-0.05, 0) is 61.9 Å². The molecule has 3 aliphatic heterocycles. The molecule has 3 nitrogen and oxygen atoms in total. The first-order valence-electron chi connectivity index (χ1n) is 8.12. The fourth-order valence-electron chi connectivity index (χ4n) is 4.31. The van der Waals surface area contributed by atoms with Crippen LogP contribution in [-0.2, 0) is 13.0 Å². The van der Waals surface area contributed by atoms with E-state index in [-0.39, 0.29) is 24.8 Å². The molecule has 0 amide bonds. The number of rotatable bonds is 2. The molecule has 5 heteroatoms. The first-order chi connectivity index (χ1) is 9.85. The summed E-state index contributed by atoms with van der Waals surface area (Å²) < 4.78 is 0. The van der Waals surface area contributed by atoms with E-state index in [0.717, 1.165) is 13.1 Å². The highest BCUT2D eigenvalue weighted by Crippen LogP contribution is 2.39. The first kappa shape index (κ1) is 17.9. The Labute approximate surface area is 146 Å². The predicted molar refractivity (Wildman–Crippen MR) is 97.6 cm³/mol. The molecule has 22 heavy (non-hydrogen) atoms. The van der Waals surface area contributed by atoms with Crippen LogP contribution in [0.4, 0.5) is 5.69 Å². The highest BCUT2D eigenvalue weighted by Gasteiger charge is 2.38. The fourth-order valence-corrected chi connectivity index (χ4v) is 4.31. The maximum Gasteiger partial charge on any atom is 0.0419 e. The SMILES string of the molecule is Cl.Cl.c1cc2c(c(CN3CCC4(CCNCC4)C3)c1)NCC2. The Morgan fingerprint density at radius 2 is 1.86 bits per heavy atom. The lowest BCUT2D eigenvalue weighted by atomic mass is 9.78. The van der Waals surface area contributed by atoms with E-state index in [4.69, 9.17) is 0 Å². The highest BCUT2D eigenvalue weighted by atomic mass is 35.5. The molecule has 0 bridgehead atoms. The molecule has 0 aliphatic carbocycles. The number of hydrogen-bond acceptors (Lipinski definition) is 3. The molecule has 0 aromatic heterocycles. The molecule has 1 aromatic rings. The summed E-state index contributed by atoms with van der Waals surface area (Å²) in [7, 11) is 0. The molecule has 4 rings (SSSR count). The van der Waals surface area contributed by atoms with Gasteiger partial charge in [-0.3, -0.25) is 4.90 Å². The third kappa shape index (κ3) is 3.38. The molecule has 1 spiro atoms. The summed E-state index contributed by atoms with van der Waals surface area (Å²) in [6.07, 6.45) is 5.33. The van der Waals surface area contributed by atoms with Crippen LogP contribution in [0, 0.1) is 5.41 Å². The van der Waals surface area contributed by atoms with Crippen molar-refractivity contribution >= 4 is 30.5 Å². The molecule has 124 valence electrons. The number of likely N-dealkylation sites (tertiary alicyclic amines) is 1. The van der Waals surface area contributed by atoms with Crippen LogP contribution in [-0.4, -0.2) is 37.6 Å². The summed E-state index contributed by atoms with van der Waals surface area (Å²) in [4.78, 5) is 2.68. The number of anilines is 1. The number of fused-ring (bicyclic) bond motifs is 1. The molecular formula is C17H27Cl2N3. The average Bonchev–Trinajstić information content (AvgIpc) is 3.08. The minimum absolute atomic E-state index is 0. The van der Waals surface area contributed by atoms with Gasteiger partial charge in [-0.25, -0.2) is 0 Å². The zero-order valence-electron chi connectivity index (χ0n) is 13.1. The van der Waals surface area contributed by atoms with E-state index >= 15 is 0 Å². The largest absolute Gasteiger partial charge is 0.384 e. The van der Waals surface area contributed by atoms with Crippen molar-refractivity contribution in [2.45, 2.75) is 32.2 Å². The summed E-state index contributed by atoms with van der Waals surface area (Å²) in [6, 6.07) is 6.82. The zero-order valence-corrected chi connectivity index (χ0v) is 14.7. The third-order valence-electron chi connectivity index (χ3n) is 5.51. The topological polar surface area (TPSA) is 27.3 Å². The van der Waals surface area contributed by atoms with E-state index in [1.807, 2.05) is 0 Å². The van der Waals surface area contributed by atoms with Crippen molar-refractivity contribution in [3.8, 4) is 0 Å². The molecule has 0 unspecified atom stereocenters. The number of para-hydroxylation sites is 1. The van der Waals surface area contributed by atoms with Crippen LogP contribution in [0.5, 0.6) is 0 Å². The van der Waals surface area contributed by atoms with Gasteiger partial charge in [0.1, 0.15) is 0 Å². The van der Waals surface area contributed by atoms with Gasteiger partial charge in [-0.15, -0.1) is 24.8 Å². The maximum atomic E-state index is 3.58. The minimum Gasteiger partial charge on any atom is -0.384 e. The van der Waals surface area contributed by atoms with Gasteiger partial charge < -0.3 is 10.6 Å². The molecule has 2 fully saturated rings. The van der Waals surface area contributed by atoms with Crippen molar-refractivity contribution in [2.24, 2.45) is 5.41 Å². The van der Waals surface area contributed by atoms with Crippen LogP contribution in [0.2, 0.25) is 0 Å². The number of halogens is 2. The van der Waals surface area contributed by atoms with Gasteiger partial charge in [0.15, 0.2) is 0 Å². The van der Waals surface area contributed by atoms with Gasteiger partial charge in [-0.1, -0.05) is 18.2 Å². The van der Waals surface area contributed by atoms with Crippen LogP contribution in [0.1, 0.15) is 30.4 Å². The Hall–Kier alpha value is -0.480. The van der Waals surface area contributed by atoms with Crippen molar-refractivity contribution in [1.82, 2.24) is 10.2 Å². The Morgan fingerprint density at radius 3 is 2.68 bits per heavy atom. The number of nitrogens with one attached hydrogen (secondary N) is 2. The third-order valence-corrected chi connectivity index (χ3v) is 5.51. The predicted octanol–water partition coefficient (Wildman–Crippen LogP) is 3.07. The minimum atomic E-state index is 0. The Bertz CT molecular complexity index is 501. The molecule has 0 saturated carbocycles. The van der Waals surface area contributed by atoms with Gasteiger partial charge in [-0.2, -0.15) is 0 Å². The number of benzene rings is 1. The smallest absolute Gasteiger partial charge is 0.0419 e. The van der Waals surface area contributed by atoms with Gasteiger partial charge in [0.25, 0.3) is 0 Å². The van der Waals surface area contributed by atoms with E-state index in [0.29, 0.717) is 5.41 Å². The summed E-state index contributed by atoms with van der Waals surface area (Å²) in [5.74, 6) is 0. The van der Waals surface area contributed by atoms with Crippen molar-refractivity contribution in [1.29, 1.82) is 0 Å². The fraction of sp³-hybridized carbons (Fsp3) is 0.647. The van der Waals surface area contributed by atoms with Gasteiger partial charge >= 0.3 is 0 Å². The summed E-state index contributed by atoms with van der Waals surface area (Å²) in [6.45, 7) is 7.27. The van der Waals surface area contributed by atoms with E-state index in [1.165, 1.54) is 68.7 Å². The molecule has 2 N–H and O–H groups in total. The van der Waals surface area contributed by atoms with E-state index in [1.54, 1.807) is 0 Å². The van der Waals surface area contributed by atoms with Crippen LogP contribution in [0.3, 0.4) is 0 Å². The first-order valence-corrected chi connectivity index (χ1v) is 8.12. The monoisotopic (exact) mass is 343 g/mol. The average molecular weight is 344 g/mol. The van der Waals surface area contributed by atoms with Crippen LogP contribution >= 0.6 is 24.8 Å². The second-order valence-corrected chi connectivity index (χ2v) is 6.84. The van der Waals surface area contributed by atoms with E-state index in [9.17, 15) is 0 Å². The molecule has 0 radical (unpaired) electrons. The van der Waals surface area contributed by atoms with E-state index < -0.39 is 0 Å². The highest BCUT2D eigenvalue weighted by molar-refractivity contribution is 5.85. The number of piperidine rings is 1. The standard InChI is InChI=1S/C17H25N3.2ClH/c1-2-14-4-8-19-16(14)15(3-1)12-20-11-7-17(13-20)5-9-18-10-6-17;;/h1-3,18-19H,4-13H2;2*1H. The zero-order chi connectivity index (χ0) is 13.4. The lowest BCUT2D eigenvalue weighted by molar-refractivity contribution is 0.194. The van der Waals surface area contributed by atoms with Crippen molar-refractivity contribution in [2.75, 3.05) is 38.0 Å². The molecule has 2 saturated heterocycles. The van der Waals surface area contributed by atoms with Crippen LogP contribution in [0.15, 0.2) is 18.2 Å². The maximum absolute atomic E-state index is 3.58. The van der Waals surface area contributed by atoms with Crippen molar-refractivity contribution in [3.63, 3.8) is 0 Å². The lowest BCUT2D eigenvalue weighted by Gasteiger charge is -2.34. The van der Waals surface area contributed by atoms with Gasteiger partial charge in [0, 0.05) is 25.3 Å². The number of nitrogens with zero attached hydrogens (tertiary/aromatic N) is 1. The van der Waals surface area contributed by atoms with Crippen LogP contribution < -0.4 is 10.6 Å². The van der Waals surface area contributed by atoms with Gasteiger partial charge in [0.2, 0.25) is 0 Å². The summed E-state index contributed by atoms with van der Waals surface area (Å²) in [5.41, 5.74) is 5.07. The van der Waals surface area contributed by atoms with Crippen LogP contribution in [0.25, 0.3) is 0 Å². The quantitative estimate of drug-likeness (QED) is 0.863. The molecule has 0 atom stereocenters.